The van der Waals surface area contributed by atoms with E-state index in [4.69, 9.17) is 0 Å². The van der Waals surface area contributed by atoms with Gasteiger partial charge in [0.1, 0.15) is 6.07 Å². The van der Waals surface area contributed by atoms with Gasteiger partial charge in [0.15, 0.2) is 0 Å². The zero-order valence-electron chi connectivity index (χ0n) is 10.1. The molecule has 0 saturated carbocycles. The average molecular weight is 271 g/mol. The van der Waals surface area contributed by atoms with Crippen LogP contribution in [0, 0.1) is 11.3 Å². The molecule has 0 saturated heterocycles. The summed E-state index contributed by atoms with van der Waals surface area (Å²) in [6.45, 7) is 2.10. The van der Waals surface area contributed by atoms with Gasteiger partial charge in [-0.3, -0.25) is 0 Å². The van der Waals surface area contributed by atoms with Crippen molar-refractivity contribution in [2.24, 2.45) is 0 Å². The lowest BCUT2D eigenvalue weighted by Crippen LogP contribution is -1.86. The zero-order chi connectivity index (χ0) is 12.8. The third kappa shape index (κ3) is 3.10. The number of hydrogen-bond acceptors (Lipinski definition) is 3. The summed E-state index contributed by atoms with van der Waals surface area (Å²) in [5.41, 5.74) is 0.790. The van der Waals surface area contributed by atoms with Crippen molar-refractivity contribution in [2.75, 3.05) is 5.75 Å². The summed E-state index contributed by atoms with van der Waals surface area (Å²) in [6, 6.07) is 18.5. The van der Waals surface area contributed by atoms with Gasteiger partial charge in [0.2, 0.25) is 0 Å². The monoisotopic (exact) mass is 271 g/mol. The fraction of sp³-hybridized carbons (Fsp3) is 0.133. The molecule has 0 radical (unpaired) electrons. The fourth-order valence-corrected chi connectivity index (χ4v) is 3.40. The maximum atomic E-state index is 9.33. The van der Waals surface area contributed by atoms with Crippen LogP contribution < -0.4 is 0 Å². The lowest BCUT2D eigenvalue weighted by Gasteiger charge is -2.07. The summed E-state index contributed by atoms with van der Waals surface area (Å²) in [4.78, 5) is 3.26. The standard InChI is InChI=1S/C15H13NS2/c1-2-17-14-9-6-10-15(13(14)11-16)18-12-7-4-3-5-8-12/h3-10H,2H2,1H3. The van der Waals surface area contributed by atoms with Crippen molar-refractivity contribution in [2.45, 2.75) is 21.6 Å². The summed E-state index contributed by atoms with van der Waals surface area (Å²) in [5.74, 6) is 0.980. The summed E-state index contributed by atoms with van der Waals surface area (Å²) >= 11 is 3.36. The van der Waals surface area contributed by atoms with Gasteiger partial charge in [0.05, 0.1) is 5.56 Å². The molecule has 0 fully saturated rings. The van der Waals surface area contributed by atoms with Crippen LogP contribution in [0.15, 0.2) is 63.2 Å². The van der Waals surface area contributed by atoms with E-state index in [2.05, 4.69) is 25.1 Å². The molecule has 18 heavy (non-hydrogen) atoms. The van der Waals surface area contributed by atoms with Crippen molar-refractivity contribution < 1.29 is 0 Å². The Labute approximate surface area is 116 Å². The predicted molar refractivity (Wildman–Crippen MR) is 78.1 cm³/mol. The molecule has 0 unspecified atom stereocenters. The van der Waals surface area contributed by atoms with Gasteiger partial charge in [-0.15, -0.1) is 11.8 Å². The first kappa shape index (κ1) is 13.1. The van der Waals surface area contributed by atoms with Gasteiger partial charge >= 0.3 is 0 Å². The molecule has 0 N–H and O–H groups in total. The van der Waals surface area contributed by atoms with Gasteiger partial charge in [-0.05, 0) is 30.0 Å². The van der Waals surface area contributed by atoms with Crippen LogP contribution >= 0.6 is 23.5 Å². The van der Waals surface area contributed by atoms with E-state index in [9.17, 15) is 5.26 Å². The molecule has 0 heterocycles. The number of thioether (sulfide) groups is 1. The SMILES string of the molecule is CCSc1cccc(Sc2ccccc2)c1C#N. The Morgan fingerprint density at radius 1 is 1.00 bits per heavy atom. The molecular weight excluding hydrogens is 258 g/mol. The summed E-state index contributed by atoms with van der Waals surface area (Å²) in [6.07, 6.45) is 0. The van der Waals surface area contributed by atoms with E-state index in [-0.39, 0.29) is 0 Å². The molecule has 2 rings (SSSR count). The molecule has 0 spiro atoms. The number of nitrogens with zero attached hydrogens (tertiary/aromatic N) is 1. The second-order valence-corrected chi connectivity index (χ2v) is 6.01. The lowest BCUT2D eigenvalue weighted by atomic mass is 10.2. The minimum Gasteiger partial charge on any atom is -0.192 e. The molecule has 2 aromatic rings. The Bertz CT molecular complexity index is 558. The van der Waals surface area contributed by atoms with Crippen LogP contribution in [0.4, 0.5) is 0 Å². The highest BCUT2D eigenvalue weighted by Crippen LogP contribution is 2.34. The van der Waals surface area contributed by atoms with E-state index in [0.717, 1.165) is 26.0 Å². The van der Waals surface area contributed by atoms with Gasteiger partial charge in [-0.1, -0.05) is 43.0 Å². The summed E-state index contributed by atoms with van der Waals surface area (Å²) in [7, 11) is 0. The number of hydrogen-bond donors (Lipinski definition) is 0. The van der Waals surface area contributed by atoms with E-state index in [1.165, 1.54) is 0 Å². The van der Waals surface area contributed by atoms with Gasteiger partial charge < -0.3 is 0 Å². The Kier molecular flexibility index (Phi) is 4.74. The van der Waals surface area contributed by atoms with Gasteiger partial charge in [0.25, 0.3) is 0 Å². The highest BCUT2D eigenvalue weighted by atomic mass is 32.2. The van der Waals surface area contributed by atoms with Crippen molar-refractivity contribution in [1.29, 1.82) is 5.26 Å². The Morgan fingerprint density at radius 2 is 1.72 bits per heavy atom. The van der Waals surface area contributed by atoms with Gasteiger partial charge in [-0.2, -0.15) is 5.26 Å². The minimum absolute atomic E-state index is 0.790. The number of rotatable bonds is 4. The van der Waals surface area contributed by atoms with Crippen molar-refractivity contribution in [1.82, 2.24) is 0 Å². The maximum Gasteiger partial charge on any atom is 0.101 e. The van der Waals surface area contributed by atoms with Crippen LogP contribution in [0.5, 0.6) is 0 Å². The fourth-order valence-electron chi connectivity index (χ4n) is 1.60. The Balaban J connectivity index is 2.34. The molecule has 0 amide bonds. The van der Waals surface area contributed by atoms with Crippen LogP contribution in [0.25, 0.3) is 0 Å². The number of nitriles is 1. The molecule has 3 heteroatoms. The molecular formula is C15H13NS2. The number of benzene rings is 2. The van der Waals surface area contributed by atoms with Crippen molar-refractivity contribution in [3.8, 4) is 6.07 Å². The quantitative estimate of drug-likeness (QED) is 0.745. The molecule has 0 bridgehead atoms. The largest absolute Gasteiger partial charge is 0.192 e. The molecule has 0 aliphatic rings. The van der Waals surface area contributed by atoms with Crippen LogP contribution in [-0.4, -0.2) is 5.75 Å². The van der Waals surface area contributed by atoms with Crippen LogP contribution in [0.3, 0.4) is 0 Å². The Hall–Kier alpha value is -1.37. The van der Waals surface area contributed by atoms with E-state index in [1.807, 2.05) is 36.4 Å². The molecule has 90 valence electrons. The first-order valence-corrected chi connectivity index (χ1v) is 7.54. The smallest absolute Gasteiger partial charge is 0.101 e. The topological polar surface area (TPSA) is 23.8 Å². The average Bonchev–Trinajstić information content (AvgIpc) is 2.41. The van der Waals surface area contributed by atoms with E-state index in [1.54, 1.807) is 23.5 Å². The van der Waals surface area contributed by atoms with Crippen LogP contribution in [0.1, 0.15) is 12.5 Å². The molecule has 2 aromatic carbocycles. The van der Waals surface area contributed by atoms with Gasteiger partial charge in [0, 0.05) is 14.7 Å². The van der Waals surface area contributed by atoms with E-state index >= 15 is 0 Å². The molecule has 0 aromatic heterocycles. The first-order chi connectivity index (χ1) is 8.85. The van der Waals surface area contributed by atoms with Crippen LogP contribution in [0.2, 0.25) is 0 Å². The van der Waals surface area contributed by atoms with E-state index < -0.39 is 0 Å². The molecule has 0 aliphatic carbocycles. The summed E-state index contributed by atoms with van der Waals surface area (Å²) < 4.78 is 0. The maximum absolute atomic E-state index is 9.33. The third-order valence-corrected chi connectivity index (χ3v) is 4.38. The second kappa shape index (κ2) is 6.53. The normalized spacial score (nSPS) is 10.0. The van der Waals surface area contributed by atoms with Crippen molar-refractivity contribution in [3.63, 3.8) is 0 Å². The minimum atomic E-state index is 0.790. The predicted octanol–water partition coefficient (Wildman–Crippen LogP) is 4.82. The highest BCUT2D eigenvalue weighted by Gasteiger charge is 2.09. The Morgan fingerprint density at radius 3 is 2.39 bits per heavy atom. The lowest BCUT2D eigenvalue weighted by molar-refractivity contribution is 1.25. The third-order valence-electron chi connectivity index (χ3n) is 2.37. The van der Waals surface area contributed by atoms with E-state index in [0.29, 0.717) is 0 Å². The van der Waals surface area contributed by atoms with Crippen molar-refractivity contribution >= 4 is 23.5 Å². The van der Waals surface area contributed by atoms with Gasteiger partial charge in [-0.25, -0.2) is 0 Å². The molecule has 0 atom stereocenters. The second-order valence-electron chi connectivity index (χ2n) is 3.59. The molecule has 1 nitrogen and oxygen atoms in total. The van der Waals surface area contributed by atoms with Crippen LogP contribution in [-0.2, 0) is 0 Å². The zero-order valence-corrected chi connectivity index (χ0v) is 11.7. The molecule has 0 aliphatic heterocycles. The van der Waals surface area contributed by atoms with Crippen molar-refractivity contribution in [3.05, 3.63) is 54.1 Å². The summed E-state index contributed by atoms with van der Waals surface area (Å²) in [5, 5.41) is 9.33. The first-order valence-electron chi connectivity index (χ1n) is 5.74. The highest BCUT2D eigenvalue weighted by molar-refractivity contribution is 8.00.